The topological polar surface area (TPSA) is 76.7 Å². The van der Waals surface area contributed by atoms with Gasteiger partial charge in [0.1, 0.15) is 6.17 Å². The summed E-state index contributed by atoms with van der Waals surface area (Å²) in [6.45, 7) is 4.56. The van der Waals surface area contributed by atoms with E-state index in [1.807, 2.05) is 13.8 Å². The van der Waals surface area contributed by atoms with Crippen molar-refractivity contribution in [3.63, 3.8) is 0 Å². The number of rotatable bonds is 9. The maximum Gasteiger partial charge on any atom is 0.253 e. The van der Waals surface area contributed by atoms with E-state index in [0.717, 1.165) is 0 Å². The van der Waals surface area contributed by atoms with Gasteiger partial charge >= 0.3 is 0 Å². The first-order chi connectivity index (χ1) is 16.3. The third kappa shape index (κ3) is 6.89. The summed E-state index contributed by atoms with van der Waals surface area (Å²) >= 11 is 11.9. The van der Waals surface area contributed by atoms with Gasteiger partial charge < -0.3 is 20.1 Å². The highest BCUT2D eigenvalue weighted by molar-refractivity contribution is 6.31. The number of nitrogens with one attached hydrogen (secondary N) is 2. The SMILES string of the molecule is COc1ccc(C(NC(=O)c2ccc(Cl)cc2)NC(=O)c2ccc(Cl)cc2)cc1OCC(C)C. The molecule has 0 atom stereocenters. The molecular formula is C26H26Cl2N2O4. The number of methoxy groups -OCH3 is 1. The molecule has 0 spiro atoms. The van der Waals surface area contributed by atoms with Crippen molar-refractivity contribution in [1.82, 2.24) is 10.6 Å². The smallest absolute Gasteiger partial charge is 0.253 e. The summed E-state index contributed by atoms with van der Waals surface area (Å²) in [6, 6.07) is 18.2. The number of hydrogen-bond donors (Lipinski definition) is 2. The Morgan fingerprint density at radius 1 is 0.794 bits per heavy atom. The number of carbonyl (C=O) groups is 2. The first-order valence-corrected chi connectivity index (χ1v) is 11.5. The van der Waals surface area contributed by atoms with Crippen LogP contribution in [0.15, 0.2) is 66.7 Å². The number of carbonyl (C=O) groups excluding carboxylic acids is 2. The number of benzene rings is 3. The predicted molar refractivity (Wildman–Crippen MR) is 134 cm³/mol. The highest BCUT2D eigenvalue weighted by Gasteiger charge is 2.21. The second-order valence-corrected chi connectivity index (χ2v) is 8.88. The Labute approximate surface area is 209 Å². The Balaban J connectivity index is 1.92. The van der Waals surface area contributed by atoms with E-state index in [0.29, 0.717) is 50.8 Å². The van der Waals surface area contributed by atoms with E-state index >= 15 is 0 Å². The molecule has 34 heavy (non-hydrogen) atoms. The Hall–Kier alpha value is -3.22. The van der Waals surface area contributed by atoms with E-state index in [2.05, 4.69) is 10.6 Å². The van der Waals surface area contributed by atoms with Crippen LogP contribution < -0.4 is 20.1 Å². The molecule has 0 fully saturated rings. The van der Waals surface area contributed by atoms with E-state index in [4.69, 9.17) is 32.7 Å². The Bertz CT molecular complexity index is 1070. The molecule has 8 heteroatoms. The summed E-state index contributed by atoms with van der Waals surface area (Å²) < 4.78 is 11.3. The number of amides is 2. The van der Waals surface area contributed by atoms with Crippen LogP contribution in [-0.2, 0) is 0 Å². The molecule has 2 N–H and O–H groups in total. The van der Waals surface area contributed by atoms with Gasteiger partial charge in [0, 0.05) is 21.2 Å². The first kappa shape index (κ1) is 25.4. The Morgan fingerprint density at radius 2 is 1.29 bits per heavy atom. The van der Waals surface area contributed by atoms with Crippen molar-refractivity contribution in [1.29, 1.82) is 0 Å². The van der Waals surface area contributed by atoms with Gasteiger partial charge in [-0.3, -0.25) is 9.59 Å². The summed E-state index contributed by atoms with van der Waals surface area (Å²) in [4.78, 5) is 25.9. The lowest BCUT2D eigenvalue weighted by Crippen LogP contribution is -2.41. The van der Waals surface area contributed by atoms with Gasteiger partial charge in [-0.2, -0.15) is 0 Å². The highest BCUT2D eigenvalue weighted by Crippen LogP contribution is 2.30. The summed E-state index contributed by atoms with van der Waals surface area (Å²) in [5.74, 6) is 0.617. The lowest BCUT2D eigenvalue weighted by Gasteiger charge is -2.22. The molecule has 6 nitrogen and oxygen atoms in total. The zero-order valence-corrected chi connectivity index (χ0v) is 20.6. The van der Waals surface area contributed by atoms with Crippen molar-refractivity contribution in [3.8, 4) is 11.5 Å². The van der Waals surface area contributed by atoms with Crippen LogP contribution in [0.5, 0.6) is 11.5 Å². The molecule has 0 unspecified atom stereocenters. The molecule has 0 heterocycles. The Kier molecular flexibility index (Phi) is 8.79. The molecule has 0 radical (unpaired) electrons. The fourth-order valence-electron chi connectivity index (χ4n) is 3.08. The van der Waals surface area contributed by atoms with Crippen molar-refractivity contribution >= 4 is 35.0 Å². The molecular weight excluding hydrogens is 475 g/mol. The molecule has 0 aliphatic heterocycles. The van der Waals surface area contributed by atoms with Crippen LogP contribution >= 0.6 is 23.2 Å². The Morgan fingerprint density at radius 3 is 1.74 bits per heavy atom. The predicted octanol–water partition coefficient (Wildman–Crippen LogP) is 5.90. The van der Waals surface area contributed by atoms with Crippen LogP contribution in [0.3, 0.4) is 0 Å². The first-order valence-electron chi connectivity index (χ1n) is 10.7. The summed E-state index contributed by atoms with van der Waals surface area (Å²) in [7, 11) is 1.55. The fourth-order valence-corrected chi connectivity index (χ4v) is 3.33. The zero-order chi connectivity index (χ0) is 24.7. The van der Waals surface area contributed by atoms with Gasteiger partial charge in [0.2, 0.25) is 0 Å². The molecule has 3 aromatic carbocycles. The molecule has 0 bridgehead atoms. The van der Waals surface area contributed by atoms with Gasteiger partial charge in [0.25, 0.3) is 11.8 Å². The van der Waals surface area contributed by atoms with Gasteiger partial charge in [-0.05, 0) is 72.1 Å². The minimum atomic E-state index is -0.848. The number of ether oxygens (including phenoxy) is 2. The maximum absolute atomic E-state index is 12.9. The van der Waals surface area contributed by atoms with Crippen molar-refractivity contribution in [3.05, 3.63) is 93.5 Å². The molecule has 0 aliphatic carbocycles. The highest BCUT2D eigenvalue weighted by atomic mass is 35.5. The second-order valence-electron chi connectivity index (χ2n) is 8.01. The van der Waals surface area contributed by atoms with Crippen LogP contribution in [0, 0.1) is 5.92 Å². The van der Waals surface area contributed by atoms with Gasteiger partial charge in [-0.25, -0.2) is 0 Å². The van der Waals surface area contributed by atoms with Gasteiger partial charge in [-0.1, -0.05) is 43.1 Å². The lowest BCUT2D eigenvalue weighted by atomic mass is 10.1. The maximum atomic E-state index is 12.9. The van der Waals surface area contributed by atoms with Crippen molar-refractivity contribution < 1.29 is 19.1 Å². The standard InChI is InChI=1S/C26H26Cl2N2O4/c1-16(2)15-34-23-14-19(8-13-22(23)33-3)24(29-25(31)17-4-9-20(27)10-5-17)30-26(32)18-6-11-21(28)12-7-18/h4-14,16,24H,15H2,1-3H3,(H,29,31)(H,30,32). The minimum Gasteiger partial charge on any atom is -0.493 e. The van der Waals surface area contributed by atoms with E-state index in [1.165, 1.54) is 0 Å². The molecule has 3 rings (SSSR count). The number of halogens is 2. The number of hydrogen-bond acceptors (Lipinski definition) is 4. The average molecular weight is 501 g/mol. The van der Waals surface area contributed by atoms with Crippen LogP contribution in [0.25, 0.3) is 0 Å². The molecule has 3 aromatic rings. The van der Waals surface area contributed by atoms with Crippen molar-refractivity contribution in [2.45, 2.75) is 20.0 Å². The summed E-state index contributed by atoms with van der Waals surface area (Å²) in [5, 5.41) is 6.79. The quantitative estimate of drug-likeness (QED) is 0.358. The molecule has 0 aromatic heterocycles. The van der Waals surface area contributed by atoms with Crippen LogP contribution in [0.4, 0.5) is 0 Å². The van der Waals surface area contributed by atoms with E-state index in [-0.39, 0.29) is 11.8 Å². The largest absolute Gasteiger partial charge is 0.493 e. The van der Waals surface area contributed by atoms with Gasteiger partial charge in [0.15, 0.2) is 11.5 Å². The third-order valence-corrected chi connectivity index (χ3v) is 5.36. The van der Waals surface area contributed by atoms with E-state index < -0.39 is 6.17 Å². The second kappa shape index (κ2) is 11.8. The van der Waals surface area contributed by atoms with Crippen LogP contribution in [0.2, 0.25) is 10.0 Å². The zero-order valence-electron chi connectivity index (χ0n) is 19.1. The molecule has 0 aliphatic rings. The van der Waals surface area contributed by atoms with Crippen molar-refractivity contribution in [2.24, 2.45) is 5.92 Å². The lowest BCUT2D eigenvalue weighted by molar-refractivity contribution is 0.0883. The molecule has 178 valence electrons. The average Bonchev–Trinajstić information content (AvgIpc) is 2.82. The molecule has 0 saturated carbocycles. The van der Waals surface area contributed by atoms with Gasteiger partial charge in [-0.15, -0.1) is 0 Å². The normalized spacial score (nSPS) is 10.8. The fraction of sp³-hybridized carbons (Fsp3) is 0.231. The van der Waals surface area contributed by atoms with E-state index in [9.17, 15) is 9.59 Å². The summed E-state index contributed by atoms with van der Waals surface area (Å²) in [5.41, 5.74) is 1.42. The van der Waals surface area contributed by atoms with Crippen LogP contribution in [-0.4, -0.2) is 25.5 Å². The summed E-state index contributed by atoms with van der Waals surface area (Å²) in [6.07, 6.45) is -0.848. The monoisotopic (exact) mass is 500 g/mol. The third-order valence-electron chi connectivity index (χ3n) is 4.86. The van der Waals surface area contributed by atoms with Crippen molar-refractivity contribution in [2.75, 3.05) is 13.7 Å². The van der Waals surface area contributed by atoms with Crippen LogP contribution in [0.1, 0.15) is 46.3 Å². The minimum absolute atomic E-state index is 0.304. The molecule has 0 saturated heterocycles. The molecule has 2 amide bonds. The van der Waals surface area contributed by atoms with Gasteiger partial charge in [0.05, 0.1) is 13.7 Å². The van der Waals surface area contributed by atoms with E-state index in [1.54, 1.807) is 73.8 Å².